The highest BCUT2D eigenvalue weighted by molar-refractivity contribution is 5.84. The molecule has 8 N–H and O–H groups in total. The molecular weight excluding hydrogens is 220 g/mol. The third-order valence-corrected chi connectivity index (χ3v) is 1.07. The zero-order valence-electron chi connectivity index (χ0n) is 8.20. The molecule has 0 aromatic rings. The number of hydrogen-bond acceptors (Lipinski definition) is 6. The van der Waals surface area contributed by atoms with Gasteiger partial charge in [-0.1, -0.05) is 0 Å². The first-order valence-electron chi connectivity index (χ1n) is 4.01. The lowest BCUT2D eigenvalue weighted by molar-refractivity contribution is 0.191. The highest BCUT2D eigenvalue weighted by Gasteiger charge is 2.05. The summed E-state index contributed by atoms with van der Waals surface area (Å²) in [5.74, 6) is 0. The molecule has 0 saturated heterocycles. The maximum Gasteiger partial charge on any atom is 0.415 e. The highest BCUT2D eigenvalue weighted by atomic mass is 16.6. The Morgan fingerprint density at radius 1 is 0.938 bits per heavy atom. The molecule has 0 heterocycles. The number of rotatable bonds is 3. The molecule has 0 aromatic heterocycles. The minimum Gasteiger partial charge on any atom is -0.377 e. The van der Waals surface area contributed by atoms with Gasteiger partial charge in [0.1, 0.15) is 0 Å². The van der Waals surface area contributed by atoms with Crippen molar-refractivity contribution in [1.29, 1.82) is 10.8 Å². The van der Waals surface area contributed by atoms with E-state index in [1.807, 2.05) is 0 Å². The monoisotopic (exact) mass is 232 g/mol. The second-order valence-corrected chi connectivity index (χ2v) is 2.36. The molecule has 0 aromatic carbocycles. The van der Waals surface area contributed by atoms with E-state index in [1.54, 1.807) is 0 Å². The number of alkyl carbamates (subject to hydrolysis) is 2. The van der Waals surface area contributed by atoms with Crippen molar-refractivity contribution >= 4 is 24.2 Å². The number of carbonyl (C=O) groups excluding carboxylic acids is 2. The highest BCUT2D eigenvalue weighted by Crippen LogP contribution is 1.76. The molecule has 0 fully saturated rings. The van der Waals surface area contributed by atoms with Crippen LogP contribution in [0.25, 0.3) is 0 Å². The average Bonchev–Trinajstić information content (AvgIpc) is 2.10. The Morgan fingerprint density at radius 3 is 1.50 bits per heavy atom. The van der Waals surface area contributed by atoms with Crippen LogP contribution in [0.3, 0.4) is 0 Å². The largest absolute Gasteiger partial charge is 0.415 e. The maximum absolute atomic E-state index is 10.7. The minimum absolute atomic E-state index is 0.0408. The Balaban J connectivity index is 3.53. The lowest BCUT2D eigenvalue weighted by atomic mass is 10.6. The third kappa shape index (κ3) is 8.10. The van der Waals surface area contributed by atoms with Crippen LogP contribution in [0, 0.1) is 10.8 Å². The van der Waals surface area contributed by atoms with Gasteiger partial charge in [0, 0.05) is 13.1 Å². The van der Waals surface area contributed by atoms with Gasteiger partial charge in [-0.15, -0.1) is 0 Å². The van der Waals surface area contributed by atoms with Gasteiger partial charge in [0.2, 0.25) is 0 Å². The standard InChI is InChI=1S/C6H12N6O4/c7-3(8)15-5(13)11-1-2-12-6(14)16-4(9)10/h1-2H2,(H3,7,8)(H3,9,10)(H,11,13)(H,12,14). The molecular formula is C6H12N6O4. The van der Waals surface area contributed by atoms with Crippen molar-refractivity contribution in [3.05, 3.63) is 0 Å². The summed E-state index contributed by atoms with van der Waals surface area (Å²) in [6.07, 6.45) is -1.82. The van der Waals surface area contributed by atoms with Crippen molar-refractivity contribution < 1.29 is 19.1 Å². The van der Waals surface area contributed by atoms with Gasteiger partial charge in [0.05, 0.1) is 0 Å². The molecule has 0 aliphatic rings. The summed E-state index contributed by atoms with van der Waals surface area (Å²) in [6, 6.07) is -1.47. The number of nitrogens with one attached hydrogen (secondary N) is 4. The van der Waals surface area contributed by atoms with Crippen LogP contribution in [0.4, 0.5) is 9.59 Å². The summed E-state index contributed by atoms with van der Waals surface area (Å²) >= 11 is 0. The van der Waals surface area contributed by atoms with Crippen molar-refractivity contribution in [3.8, 4) is 0 Å². The summed E-state index contributed by atoms with van der Waals surface area (Å²) in [6.45, 7) is 0.0816. The van der Waals surface area contributed by atoms with E-state index in [-0.39, 0.29) is 13.1 Å². The molecule has 0 radical (unpaired) electrons. The van der Waals surface area contributed by atoms with Crippen molar-refractivity contribution in [2.75, 3.05) is 13.1 Å². The Bertz CT molecular complexity index is 273. The number of amides is 2. The van der Waals surface area contributed by atoms with Crippen LogP contribution >= 0.6 is 0 Å². The summed E-state index contributed by atoms with van der Waals surface area (Å²) in [7, 11) is 0. The van der Waals surface area contributed by atoms with Crippen molar-refractivity contribution in [1.82, 2.24) is 10.6 Å². The fourth-order valence-corrected chi connectivity index (χ4v) is 0.601. The van der Waals surface area contributed by atoms with Gasteiger partial charge < -0.3 is 31.6 Å². The summed E-state index contributed by atoms with van der Waals surface area (Å²) in [4.78, 5) is 21.4. The molecule has 0 atom stereocenters. The third-order valence-electron chi connectivity index (χ3n) is 1.07. The zero-order chi connectivity index (χ0) is 12.6. The van der Waals surface area contributed by atoms with E-state index in [0.717, 1.165) is 0 Å². The first kappa shape index (κ1) is 13.5. The molecule has 0 unspecified atom stereocenters. The smallest absolute Gasteiger partial charge is 0.377 e. The number of nitrogens with two attached hydrogens (primary N) is 2. The Kier molecular flexibility index (Phi) is 5.78. The minimum atomic E-state index is -0.908. The van der Waals surface area contributed by atoms with E-state index in [9.17, 15) is 9.59 Å². The summed E-state index contributed by atoms with van der Waals surface area (Å²) in [5.41, 5.74) is 9.55. The van der Waals surface area contributed by atoms with E-state index >= 15 is 0 Å². The lowest BCUT2D eigenvalue weighted by Crippen LogP contribution is -2.37. The molecule has 90 valence electrons. The van der Waals surface area contributed by atoms with E-state index in [4.69, 9.17) is 22.3 Å². The Hall–Kier alpha value is -2.52. The van der Waals surface area contributed by atoms with Gasteiger partial charge in [-0.2, -0.15) is 0 Å². The second-order valence-electron chi connectivity index (χ2n) is 2.36. The summed E-state index contributed by atoms with van der Waals surface area (Å²) < 4.78 is 8.27. The quantitative estimate of drug-likeness (QED) is 0.190. The summed E-state index contributed by atoms with van der Waals surface area (Å²) in [5, 5.41) is 17.6. The Labute approximate surface area is 90.3 Å². The fourth-order valence-electron chi connectivity index (χ4n) is 0.601. The molecule has 16 heavy (non-hydrogen) atoms. The molecule has 10 heteroatoms. The zero-order valence-corrected chi connectivity index (χ0v) is 8.20. The molecule has 0 spiro atoms. The number of hydrogen-bond donors (Lipinski definition) is 6. The van der Waals surface area contributed by atoms with E-state index in [2.05, 4.69) is 20.1 Å². The van der Waals surface area contributed by atoms with Gasteiger partial charge in [-0.3, -0.25) is 10.8 Å². The Morgan fingerprint density at radius 2 is 1.25 bits per heavy atom. The predicted molar refractivity (Wildman–Crippen MR) is 52.8 cm³/mol. The van der Waals surface area contributed by atoms with Crippen molar-refractivity contribution in [2.45, 2.75) is 0 Å². The van der Waals surface area contributed by atoms with Crippen LogP contribution in [0.5, 0.6) is 0 Å². The van der Waals surface area contributed by atoms with Gasteiger partial charge in [-0.25, -0.2) is 9.59 Å². The van der Waals surface area contributed by atoms with Gasteiger partial charge in [-0.05, 0) is 0 Å². The van der Waals surface area contributed by atoms with Gasteiger partial charge in [0.25, 0.3) is 12.0 Å². The predicted octanol–water partition coefficient (Wildman–Crippen LogP) is -1.77. The topological polar surface area (TPSA) is 176 Å². The van der Waals surface area contributed by atoms with Crippen LogP contribution in [0.1, 0.15) is 0 Å². The van der Waals surface area contributed by atoms with Crippen LogP contribution in [-0.4, -0.2) is 37.3 Å². The second kappa shape index (κ2) is 6.86. The average molecular weight is 232 g/mol. The maximum atomic E-state index is 10.7. The van der Waals surface area contributed by atoms with Gasteiger partial charge >= 0.3 is 12.2 Å². The number of amidine groups is 2. The van der Waals surface area contributed by atoms with E-state index in [0.29, 0.717) is 0 Å². The number of ether oxygens (including phenoxy) is 2. The molecule has 10 nitrogen and oxygen atoms in total. The molecule has 2 amide bonds. The molecule has 0 saturated carbocycles. The SMILES string of the molecule is N=C(N)OC(=O)NCCNC(=O)OC(=N)N. The van der Waals surface area contributed by atoms with E-state index < -0.39 is 24.2 Å². The fraction of sp³-hybridized carbons (Fsp3) is 0.333. The molecule has 0 rings (SSSR count). The van der Waals surface area contributed by atoms with Crippen molar-refractivity contribution in [3.63, 3.8) is 0 Å². The van der Waals surface area contributed by atoms with Crippen LogP contribution < -0.4 is 22.1 Å². The lowest BCUT2D eigenvalue weighted by Gasteiger charge is -2.06. The van der Waals surface area contributed by atoms with Crippen molar-refractivity contribution in [2.24, 2.45) is 11.5 Å². The van der Waals surface area contributed by atoms with Crippen LogP contribution in [0.2, 0.25) is 0 Å². The van der Waals surface area contributed by atoms with E-state index in [1.165, 1.54) is 0 Å². The molecule has 0 aliphatic heterocycles. The first-order valence-corrected chi connectivity index (χ1v) is 4.01. The van der Waals surface area contributed by atoms with Crippen LogP contribution in [0.15, 0.2) is 0 Å². The molecule has 0 aliphatic carbocycles. The normalized spacial score (nSPS) is 8.75. The number of carbonyl (C=O) groups is 2. The first-order chi connectivity index (χ1) is 7.41. The van der Waals surface area contributed by atoms with Gasteiger partial charge in [0.15, 0.2) is 0 Å². The van der Waals surface area contributed by atoms with Crippen LogP contribution in [-0.2, 0) is 9.47 Å². The molecule has 0 bridgehead atoms.